The van der Waals surface area contributed by atoms with Gasteiger partial charge in [-0.25, -0.2) is 0 Å². The van der Waals surface area contributed by atoms with E-state index in [9.17, 15) is 18.6 Å². The number of ether oxygens (including phenoxy) is 2. The molecule has 0 amide bonds. The van der Waals surface area contributed by atoms with E-state index in [0.717, 1.165) is 45.4 Å². The van der Waals surface area contributed by atoms with E-state index in [1.165, 1.54) is 23.5 Å². The van der Waals surface area contributed by atoms with E-state index in [2.05, 4.69) is 0 Å². The second-order valence-corrected chi connectivity index (χ2v) is 20.1. The summed E-state index contributed by atoms with van der Waals surface area (Å²) in [5.74, 6) is 10.2. The average Bonchev–Trinajstić information content (AvgIpc) is 2.97. The van der Waals surface area contributed by atoms with Crippen LogP contribution in [0.15, 0.2) is 0 Å². The van der Waals surface area contributed by atoms with Crippen molar-refractivity contribution in [2.75, 3.05) is 123 Å². The third-order valence-electron chi connectivity index (χ3n) is 4.20. The fourth-order valence-corrected chi connectivity index (χ4v) is 12.4. The van der Waals surface area contributed by atoms with Crippen LogP contribution in [0, 0.1) is 0 Å². The third-order valence-corrected chi connectivity index (χ3v) is 16.0. The van der Waals surface area contributed by atoms with Crippen LogP contribution in [-0.4, -0.2) is 154 Å². The van der Waals surface area contributed by atoms with Gasteiger partial charge in [-0.2, -0.15) is 47.0 Å². The minimum atomic E-state index is -0.832. The highest BCUT2D eigenvalue weighted by atomic mass is 32.2. The summed E-state index contributed by atoms with van der Waals surface area (Å²) in [5.41, 5.74) is 0. The lowest BCUT2D eigenvalue weighted by atomic mass is 10.7. The number of esters is 2. The summed E-state index contributed by atoms with van der Waals surface area (Å²) in [6.07, 6.45) is 0. The summed E-state index contributed by atoms with van der Waals surface area (Å²) in [5, 5.41) is 18.9. The van der Waals surface area contributed by atoms with Gasteiger partial charge in [-0.3, -0.25) is 18.6 Å². The third kappa shape index (κ3) is 34.7. The first-order chi connectivity index (χ1) is 20.5. The normalized spacial score (nSPS) is 11.9. The van der Waals surface area contributed by atoms with Crippen molar-refractivity contribution in [1.82, 2.24) is 0 Å². The number of carbonyl (C=O) groups excluding carboxylic acids is 3. The lowest BCUT2D eigenvalue weighted by Gasteiger charge is -2.05. The predicted molar refractivity (Wildman–Crippen MR) is 200 cm³/mol. The van der Waals surface area contributed by atoms with Gasteiger partial charge < -0.3 is 19.7 Å². The molecule has 0 aliphatic rings. The van der Waals surface area contributed by atoms with E-state index in [-0.39, 0.29) is 30.3 Å². The largest absolute Gasteiger partial charge is 0.464 e. The first kappa shape index (κ1) is 43.8. The molecule has 0 aromatic heterocycles. The van der Waals surface area contributed by atoms with Crippen molar-refractivity contribution in [3.05, 3.63) is 0 Å². The van der Waals surface area contributed by atoms with Gasteiger partial charge in [-0.1, -0.05) is 11.8 Å². The summed E-state index contributed by atoms with van der Waals surface area (Å²) in [6.45, 7) is 1.04. The van der Waals surface area contributed by atoms with Crippen LogP contribution in [0.25, 0.3) is 0 Å². The Morgan fingerprint density at radius 1 is 0.548 bits per heavy atom. The van der Waals surface area contributed by atoms with Crippen molar-refractivity contribution in [3.8, 4) is 0 Å². The Morgan fingerprint density at radius 3 is 1.60 bits per heavy atom. The van der Waals surface area contributed by atoms with Crippen LogP contribution in [0.4, 0.5) is 0 Å². The zero-order chi connectivity index (χ0) is 30.9. The Bertz CT molecular complexity index is 694. The average molecular weight is 781 g/mol. The first-order valence-electron chi connectivity index (χ1n) is 13.1. The number of aliphatic hydroxyl groups excluding tert-OH is 2. The second-order valence-electron chi connectivity index (χ2n) is 7.60. The molecule has 8 nitrogen and oxygen atoms in total. The number of thioether (sulfide) groups is 9. The molecular formula is C24H44O8S10. The van der Waals surface area contributed by atoms with Crippen LogP contribution in [0.5, 0.6) is 0 Å². The van der Waals surface area contributed by atoms with Crippen LogP contribution >= 0.6 is 106 Å². The molecule has 0 fully saturated rings. The molecule has 0 rings (SSSR count). The van der Waals surface area contributed by atoms with Gasteiger partial charge in [0, 0.05) is 84.9 Å². The highest BCUT2D eigenvalue weighted by molar-refractivity contribution is 8.25. The van der Waals surface area contributed by atoms with E-state index < -0.39 is 10.8 Å². The SMILES string of the molecule is O=C(CSCCSCCS(=O)CSCCSCSC(=O)CSCCSCC(=O)OCCSCCO)OCCSCCO. The molecule has 0 aromatic carbocycles. The Kier molecular flexibility index (Phi) is 37.2. The molecule has 2 N–H and O–H groups in total. The van der Waals surface area contributed by atoms with Crippen molar-refractivity contribution >= 4 is 134 Å². The highest BCUT2D eigenvalue weighted by Gasteiger charge is 2.07. The minimum Gasteiger partial charge on any atom is -0.464 e. The lowest BCUT2D eigenvalue weighted by Crippen LogP contribution is -2.11. The smallest absolute Gasteiger partial charge is 0.315 e. The van der Waals surface area contributed by atoms with Gasteiger partial charge in [0.1, 0.15) is 13.2 Å². The van der Waals surface area contributed by atoms with Gasteiger partial charge in [-0.15, -0.1) is 47.0 Å². The molecule has 0 heterocycles. The molecule has 0 bridgehead atoms. The van der Waals surface area contributed by atoms with Crippen molar-refractivity contribution in [2.24, 2.45) is 0 Å². The summed E-state index contributed by atoms with van der Waals surface area (Å²) < 4.78 is 22.4. The van der Waals surface area contributed by atoms with E-state index >= 15 is 0 Å². The number of rotatable bonds is 32. The van der Waals surface area contributed by atoms with Crippen LogP contribution in [0.1, 0.15) is 0 Å². The quantitative estimate of drug-likeness (QED) is 0.0583. The zero-order valence-electron chi connectivity index (χ0n) is 23.8. The fourth-order valence-electron chi connectivity index (χ4n) is 2.34. The van der Waals surface area contributed by atoms with Crippen molar-refractivity contribution in [1.29, 1.82) is 0 Å². The predicted octanol–water partition coefficient (Wildman–Crippen LogP) is 3.85. The number of hydrogen-bond acceptors (Lipinski definition) is 17. The Balaban J connectivity index is 3.38. The Hall–Kier alpha value is 1.83. The van der Waals surface area contributed by atoms with Crippen LogP contribution in [-0.2, 0) is 34.7 Å². The molecule has 0 spiro atoms. The van der Waals surface area contributed by atoms with Crippen molar-refractivity contribution < 1.29 is 38.3 Å². The summed E-state index contributed by atoms with van der Waals surface area (Å²) >= 11 is 14.3. The molecule has 0 aliphatic heterocycles. The summed E-state index contributed by atoms with van der Waals surface area (Å²) in [4.78, 5) is 35.2. The van der Waals surface area contributed by atoms with Gasteiger partial charge >= 0.3 is 11.9 Å². The first-order valence-corrected chi connectivity index (χ1v) is 24.9. The number of aliphatic hydroxyl groups is 2. The van der Waals surface area contributed by atoms with E-state index in [0.29, 0.717) is 64.3 Å². The molecule has 0 aliphatic carbocycles. The summed E-state index contributed by atoms with van der Waals surface area (Å²) in [6, 6.07) is 0. The van der Waals surface area contributed by atoms with E-state index in [1.807, 2.05) is 0 Å². The number of hydrogen-bond donors (Lipinski definition) is 2. The van der Waals surface area contributed by atoms with Gasteiger partial charge in [-0.05, 0) is 0 Å². The lowest BCUT2D eigenvalue weighted by molar-refractivity contribution is -0.140. The topological polar surface area (TPSA) is 127 Å². The van der Waals surface area contributed by atoms with E-state index in [4.69, 9.17) is 19.7 Å². The Morgan fingerprint density at radius 2 is 1.02 bits per heavy atom. The summed E-state index contributed by atoms with van der Waals surface area (Å²) in [7, 11) is -0.832. The highest BCUT2D eigenvalue weighted by Crippen LogP contribution is 2.18. The molecule has 248 valence electrons. The molecule has 0 aromatic rings. The van der Waals surface area contributed by atoms with E-state index in [1.54, 1.807) is 82.3 Å². The fraction of sp³-hybridized carbons (Fsp3) is 0.875. The minimum absolute atomic E-state index is 0.136. The molecule has 0 saturated heterocycles. The van der Waals surface area contributed by atoms with Crippen LogP contribution in [0.3, 0.4) is 0 Å². The molecule has 1 unspecified atom stereocenters. The second kappa shape index (κ2) is 35.7. The maximum atomic E-state index is 12.1. The molecule has 18 heteroatoms. The van der Waals surface area contributed by atoms with Crippen LogP contribution < -0.4 is 0 Å². The maximum Gasteiger partial charge on any atom is 0.315 e. The zero-order valence-corrected chi connectivity index (χ0v) is 31.9. The number of carbonyl (C=O) groups is 3. The monoisotopic (exact) mass is 780 g/mol. The standard InChI is InChI=1S/C24H44O8S10/c25-1-5-33-7-3-31-22(27)17-36-10-9-35-15-16-42(30)21-40-14-13-39-20-41-24(29)19-38-12-11-37-18-23(28)32-4-8-34-6-2-26/h25-26H,1-21H2. The van der Waals surface area contributed by atoms with Crippen molar-refractivity contribution in [2.45, 2.75) is 0 Å². The van der Waals surface area contributed by atoms with Gasteiger partial charge in [0.05, 0.1) is 35.6 Å². The molecular weight excluding hydrogens is 737 g/mol. The van der Waals surface area contributed by atoms with Gasteiger partial charge in [0.2, 0.25) is 0 Å². The van der Waals surface area contributed by atoms with Crippen LogP contribution in [0.2, 0.25) is 0 Å². The molecule has 42 heavy (non-hydrogen) atoms. The van der Waals surface area contributed by atoms with Gasteiger partial charge in [0.15, 0.2) is 5.12 Å². The molecule has 0 radical (unpaired) electrons. The van der Waals surface area contributed by atoms with Crippen molar-refractivity contribution in [3.63, 3.8) is 0 Å². The Labute approximate surface area is 292 Å². The van der Waals surface area contributed by atoms with Gasteiger partial charge in [0.25, 0.3) is 0 Å². The molecule has 1 atom stereocenters. The maximum absolute atomic E-state index is 12.1. The molecule has 0 saturated carbocycles.